The van der Waals surface area contributed by atoms with Gasteiger partial charge in [-0.05, 0) is 43.3 Å². The summed E-state index contributed by atoms with van der Waals surface area (Å²) in [6, 6.07) is 7.59. The topological polar surface area (TPSA) is 46.7 Å². The van der Waals surface area contributed by atoms with Crippen molar-refractivity contribution in [1.29, 1.82) is 0 Å². The molecule has 1 aromatic carbocycles. The molecule has 0 saturated carbocycles. The molecule has 7 heteroatoms. The molecular weight excluding hydrogens is 309 g/mol. The molecule has 1 amide bonds. The summed E-state index contributed by atoms with van der Waals surface area (Å²) < 4.78 is 42.7. The van der Waals surface area contributed by atoms with Gasteiger partial charge in [0.05, 0.1) is 18.9 Å². The summed E-state index contributed by atoms with van der Waals surface area (Å²) in [4.78, 5) is 13.1. The van der Waals surface area contributed by atoms with E-state index in [-0.39, 0.29) is 11.9 Å². The van der Waals surface area contributed by atoms with Gasteiger partial charge >= 0.3 is 6.18 Å². The summed E-state index contributed by atoms with van der Waals surface area (Å²) in [5, 5.41) is 2.62. The number of benzene rings is 1. The van der Waals surface area contributed by atoms with Crippen molar-refractivity contribution in [2.24, 2.45) is 0 Å². The van der Waals surface area contributed by atoms with Crippen LogP contribution in [0.15, 0.2) is 47.1 Å². The minimum Gasteiger partial charge on any atom is -0.463 e. The van der Waals surface area contributed by atoms with E-state index >= 15 is 0 Å². The Morgan fingerprint density at radius 3 is 2.43 bits per heavy atom. The number of hydrogen-bond acceptors (Lipinski definition) is 2. The molecule has 1 heterocycles. The van der Waals surface area contributed by atoms with Crippen LogP contribution in [0.25, 0.3) is 0 Å². The highest BCUT2D eigenvalue weighted by molar-refractivity contribution is 5.93. The van der Waals surface area contributed by atoms with E-state index in [2.05, 4.69) is 5.32 Å². The van der Waals surface area contributed by atoms with Gasteiger partial charge in [0.15, 0.2) is 11.8 Å². The lowest BCUT2D eigenvalue weighted by Gasteiger charge is -2.20. The van der Waals surface area contributed by atoms with Gasteiger partial charge in [-0.25, -0.2) is 0 Å². The number of quaternary nitrogens is 1. The molecule has 4 nitrogen and oxygen atoms in total. The van der Waals surface area contributed by atoms with Crippen molar-refractivity contribution < 1.29 is 27.3 Å². The Bertz CT molecular complexity index is 636. The van der Waals surface area contributed by atoms with Crippen LogP contribution in [0.4, 0.5) is 18.9 Å². The Hall–Kier alpha value is -2.28. The monoisotopic (exact) mass is 327 g/mol. The quantitative estimate of drug-likeness (QED) is 0.885. The molecule has 0 bridgehead atoms. The molecule has 0 radical (unpaired) electrons. The predicted molar refractivity (Wildman–Crippen MR) is 78.8 cm³/mol. The minimum atomic E-state index is -4.39. The molecule has 1 unspecified atom stereocenters. The van der Waals surface area contributed by atoms with Crippen molar-refractivity contribution in [2.45, 2.75) is 25.7 Å². The molecule has 2 N–H and O–H groups in total. The van der Waals surface area contributed by atoms with Crippen LogP contribution >= 0.6 is 0 Å². The number of amides is 1. The Morgan fingerprint density at radius 1 is 1.26 bits per heavy atom. The molecule has 0 saturated heterocycles. The Morgan fingerprint density at radius 2 is 1.91 bits per heavy atom. The fourth-order valence-corrected chi connectivity index (χ4v) is 2.06. The summed E-state index contributed by atoms with van der Waals surface area (Å²) in [5.74, 6) is 0.491. The molecule has 0 spiro atoms. The highest BCUT2D eigenvalue weighted by Gasteiger charge is 2.30. The third-order valence-electron chi connectivity index (χ3n) is 3.65. The van der Waals surface area contributed by atoms with Gasteiger partial charge in [0, 0.05) is 5.69 Å². The SMILES string of the molecule is C[C@@H](C(=O)Nc1ccc(C(F)(F)F)cc1)[NH+](C)Cc1ccco1. The van der Waals surface area contributed by atoms with Gasteiger partial charge in [-0.3, -0.25) is 4.79 Å². The maximum Gasteiger partial charge on any atom is 0.416 e. The van der Waals surface area contributed by atoms with Gasteiger partial charge in [-0.2, -0.15) is 13.2 Å². The number of rotatable bonds is 5. The second-order valence-electron chi connectivity index (χ2n) is 5.39. The third kappa shape index (κ3) is 4.59. The smallest absolute Gasteiger partial charge is 0.416 e. The van der Waals surface area contributed by atoms with Gasteiger partial charge in [-0.15, -0.1) is 0 Å². The van der Waals surface area contributed by atoms with E-state index in [9.17, 15) is 18.0 Å². The van der Waals surface area contributed by atoms with Crippen LogP contribution in [0, 0.1) is 0 Å². The molecule has 0 fully saturated rings. The lowest BCUT2D eigenvalue weighted by atomic mass is 10.2. The minimum absolute atomic E-state index is 0.270. The van der Waals surface area contributed by atoms with E-state index in [1.807, 2.05) is 13.1 Å². The van der Waals surface area contributed by atoms with Crippen LogP contribution in [-0.2, 0) is 17.5 Å². The van der Waals surface area contributed by atoms with Crippen molar-refractivity contribution in [1.82, 2.24) is 0 Å². The Kier molecular flexibility index (Phi) is 5.10. The molecule has 1 aromatic heterocycles. The molecule has 2 rings (SSSR count). The van der Waals surface area contributed by atoms with Crippen molar-refractivity contribution in [2.75, 3.05) is 12.4 Å². The highest BCUT2D eigenvalue weighted by atomic mass is 19.4. The molecule has 23 heavy (non-hydrogen) atoms. The molecule has 0 aliphatic rings. The van der Waals surface area contributed by atoms with Crippen LogP contribution in [0.1, 0.15) is 18.2 Å². The van der Waals surface area contributed by atoms with E-state index < -0.39 is 11.7 Å². The number of nitrogens with one attached hydrogen (secondary N) is 2. The standard InChI is InChI=1S/C16H17F3N2O2/c1-11(21(2)10-14-4-3-9-23-14)15(22)20-13-7-5-12(6-8-13)16(17,18)19/h3-9,11H,10H2,1-2H3,(H,20,22)/p+1/t11-/m0/s1. The molecular formula is C16H18F3N2O2+. The normalized spacial score (nSPS) is 14.3. The summed E-state index contributed by atoms with van der Waals surface area (Å²) in [7, 11) is 1.85. The Labute approximate surface area is 131 Å². The third-order valence-corrected chi connectivity index (χ3v) is 3.65. The first-order valence-corrected chi connectivity index (χ1v) is 7.10. The average Bonchev–Trinajstić information content (AvgIpc) is 2.98. The number of hydrogen-bond donors (Lipinski definition) is 2. The lowest BCUT2D eigenvalue weighted by molar-refractivity contribution is -0.908. The molecule has 124 valence electrons. The van der Waals surface area contributed by atoms with E-state index in [4.69, 9.17) is 4.42 Å². The van der Waals surface area contributed by atoms with Crippen molar-refractivity contribution in [3.63, 3.8) is 0 Å². The van der Waals surface area contributed by atoms with Crippen LogP contribution in [0.3, 0.4) is 0 Å². The number of furan rings is 1. The second-order valence-corrected chi connectivity index (χ2v) is 5.39. The van der Waals surface area contributed by atoms with E-state index in [0.29, 0.717) is 12.2 Å². The number of halogens is 3. The van der Waals surface area contributed by atoms with E-state index in [1.54, 1.807) is 19.3 Å². The number of anilines is 1. The first kappa shape index (κ1) is 17.1. The zero-order valence-electron chi connectivity index (χ0n) is 12.8. The van der Waals surface area contributed by atoms with Crippen LogP contribution in [-0.4, -0.2) is 19.0 Å². The van der Waals surface area contributed by atoms with Crippen LogP contribution in [0.5, 0.6) is 0 Å². The van der Waals surface area contributed by atoms with Gasteiger partial charge in [-0.1, -0.05) is 0 Å². The fourth-order valence-electron chi connectivity index (χ4n) is 2.06. The van der Waals surface area contributed by atoms with Crippen LogP contribution < -0.4 is 10.2 Å². The number of carbonyl (C=O) groups is 1. The van der Waals surface area contributed by atoms with Crippen molar-refractivity contribution in [3.05, 3.63) is 54.0 Å². The fraction of sp³-hybridized carbons (Fsp3) is 0.312. The summed E-state index contributed by atoms with van der Waals surface area (Å²) in [6.07, 6.45) is -2.82. The zero-order chi connectivity index (χ0) is 17.0. The van der Waals surface area contributed by atoms with Crippen LogP contribution in [0.2, 0.25) is 0 Å². The number of alkyl halides is 3. The predicted octanol–water partition coefficient (Wildman–Crippen LogP) is 2.34. The molecule has 2 aromatic rings. The van der Waals surface area contributed by atoms with E-state index in [0.717, 1.165) is 22.8 Å². The largest absolute Gasteiger partial charge is 0.463 e. The second kappa shape index (κ2) is 6.87. The van der Waals surface area contributed by atoms with Gasteiger partial charge in [0.2, 0.25) is 0 Å². The highest BCUT2D eigenvalue weighted by Crippen LogP contribution is 2.29. The number of likely N-dealkylation sites (N-methyl/N-ethyl adjacent to an activating group) is 1. The first-order valence-electron chi connectivity index (χ1n) is 7.10. The van der Waals surface area contributed by atoms with Gasteiger partial charge < -0.3 is 14.6 Å². The maximum atomic E-state index is 12.5. The molecule has 2 atom stereocenters. The molecule has 0 aliphatic carbocycles. The average molecular weight is 327 g/mol. The van der Waals surface area contributed by atoms with Crippen molar-refractivity contribution in [3.8, 4) is 0 Å². The maximum absolute atomic E-state index is 12.5. The lowest BCUT2D eigenvalue weighted by Crippen LogP contribution is -3.12. The summed E-state index contributed by atoms with van der Waals surface area (Å²) >= 11 is 0. The number of carbonyl (C=O) groups excluding carboxylic acids is 1. The Balaban J connectivity index is 1.95. The molecule has 0 aliphatic heterocycles. The van der Waals surface area contributed by atoms with E-state index in [1.165, 1.54) is 12.1 Å². The summed E-state index contributed by atoms with van der Waals surface area (Å²) in [5.41, 5.74) is -0.412. The first-order chi connectivity index (χ1) is 10.8. The zero-order valence-corrected chi connectivity index (χ0v) is 12.8. The van der Waals surface area contributed by atoms with Crippen molar-refractivity contribution >= 4 is 11.6 Å². The summed E-state index contributed by atoms with van der Waals surface area (Å²) in [6.45, 7) is 2.28. The van der Waals surface area contributed by atoms with Gasteiger partial charge in [0.25, 0.3) is 5.91 Å². The van der Waals surface area contributed by atoms with Gasteiger partial charge in [0.1, 0.15) is 6.54 Å².